The number of fused-ring (bicyclic) bond motifs is 3. The summed E-state index contributed by atoms with van der Waals surface area (Å²) in [5.41, 5.74) is 5.10. The van der Waals surface area contributed by atoms with Crippen molar-refractivity contribution in [1.82, 2.24) is 14.8 Å². The van der Waals surface area contributed by atoms with Crippen molar-refractivity contribution in [3.63, 3.8) is 0 Å². The van der Waals surface area contributed by atoms with Gasteiger partial charge in [-0.15, -0.1) is 0 Å². The predicted molar refractivity (Wildman–Crippen MR) is 95.9 cm³/mol. The number of nitrogens with one attached hydrogen (secondary N) is 1. The number of carbonyl (C=O) groups excluding carboxylic acids is 1. The molecule has 1 aromatic heterocycles. The van der Waals surface area contributed by atoms with Crippen LogP contribution >= 0.6 is 11.8 Å². The third kappa shape index (κ3) is 3.00. The number of benzene rings is 1. The Morgan fingerprint density at radius 1 is 1.26 bits per heavy atom. The Hall–Kier alpha value is -1.46. The fraction of sp³-hybridized carbons (Fsp3) is 0.500. The molecule has 2 aliphatic heterocycles. The van der Waals surface area contributed by atoms with Crippen molar-refractivity contribution >= 4 is 28.6 Å². The molecule has 0 bridgehead atoms. The number of rotatable bonds is 2. The second kappa shape index (κ2) is 6.21. The minimum atomic E-state index is 0.282. The minimum Gasteiger partial charge on any atom is -0.358 e. The van der Waals surface area contributed by atoms with Gasteiger partial charge in [-0.25, -0.2) is 0 Å². The summed E-state index contributed by atoms with van der Waals surface area (Å²) in [7, 11) is 0. The van der Waals surface area contributed by atoms with Crippen LogP contribution in [0.4, 0.5) is 0 Å². The molecule has 2 aliphatic rings. The molecular formula is C18H23N3OS. The molecule has 1 N–H and O–H groups in total. The number of aryl methyl sites for hydroxylation is 1. The number of thioether (sulfide) groups is 1. The largest absolute Gasteiger partial charge is 0.358 e. The molecule has 2 aromatic rings. The van der Waals surface area contributed by atoms with Gasteiger partial charge < -0.3 is 9.88 Å². The molecule has 1 fully saturated rings. The second-order valence-electron chi connectivity index (χ2n) is 6.58. The number of nitrogens with zero attached hydrogens (tertiary/aromatic N) is 2. The van der Waals surface area contributed by atoms with E-state index in [9.17, 15) is 4.79 Å². The van der Waals surface area contributed by atoms with Crippen LogP contribution in [0.15, 0.2) is 18.2 Å². The lowest BCUT2D eigenvalue weighted by molar-refractivity contribution is -0.133. The normalized spacial score (nSPS) is 19.1. The average Bonchev–Trinajstić information content (AvgIpc) is 2.93. The summed E-state index contributed by atoms with van der Waals surface area (Å²) in [6.07, 6.45) is 0.935. The highest BCUT2D eigenvalue weighted by Gasteiger charge is 2.25. The molecule has 122 valence electrons. The van der Waals surface area contributed by atoms with Gasteiger partial charge in [-0.2, -0.15) is 11.8 Å². The third-order valence-electron chi connectivity index (χ3n) is 4.95. The molecule has 4 rings (SSSR count). The molecule has 23 heavy (non-hydrogen) atoms. The molecule has 0 aliphatic carbocycles. The Labute approximate surface area is 141 Å². The zero-order chi connectivity index (χ0) is 15.8. The van der Waals surface area contributed by atoms with Crippen molar-refractivity contribution in [1.29, 1.82) is 0 Å². The summed E-state index contributed by atoms with van der Waals surface area (Å²) in [6, 6.07) is 6.53. The van der Waals surface area contributed by atoms with Crippen molar-refractivity contribution in [2.75, 3.05) is 37.7 Å². The van der Waals surface area contributed by atoms with Crippen molar-refractivity contribution in [2.24, 2.45) is 0 Å². The summed E-state index contributed by atoms with van der Waals surface area (Å²) >= 11 is 1.99. The van der Waals surface area contributed by atoms with Crippen LogP contribution in [0.1, 0.15) is 16.8 Å². The molecule has 1 amide bonds. The lowest BCUT2D eigenvalue weighted by Crippen LogP contribution is -2.44. The van der Waals surface area contributed by atoms with E-state index >= 15 is 0 Å². The van der Waals surface area contributed by atoms with Crippen molar-refractivity contribution < 1.29 is 4.79 Å². The molecule has 0 saturated carbocycles. The van der Waals surface area contributed by atoms with E-state index < -0.39 is 0 Å². The van der Waals surface area contributed by atoms with Gasteiger partial charge in [0.05, 0.1) is 6.54 Å². The molecule has 1 aromatic carbocycles. The van der Waals surface area contributed by atoms with Crippen molar-refractivity contribution in [3.8, 4) is 0 Å². The first-order chi connectivity index (χ1) is 11.2. The predicted octanol–water partition coefficient (Wildman–Crippen LogP) is 2.41. The van der Waals surface area contributed by atoms with Crippen LogP contribution in [0.3, 0.4) is 0 Å². The van der Waals surface area contributed by atoms with Gasteiger partial charge >= 0.3 is 0 Å². The Morgan fingerprint density at radius 2 is 2.09 bits per heavy atom. The lowest BCUT2D eigenvalue weighted by atomic mass is 10.0. The van der Waals surface area contributed by atoms with Crippen LogP contribution in [0.5, 0.6) is 0 Å². The van der Waals surface area contributed by atoms with Crippen LogP contribution < -0.4 is 0 Å². The number of aromatic amines is 1. The van der Waals surface area contributed by atoms with E-state index in [1.807, 2.05) is 16.7 Å². The molecular weight excluding hydrogens is 306 g/mol. The van der Waals surface area contributed by atoms with Gasteiger partial charge in [0, 0.05) is 66.3 Å². The maximum atomic E-state index is 12.7. The van der Waals surface area contributed by atoms with E-state index in [0.29, 0.717) is 6.54 Å². The van der Waals surface area contributed by atoms with Gasteiger partial charge in [0.1, 0.15) is 0 Å². The van der Waals surface area contributed by atoms with E-state index in [1.54, 1.807) is 0 Å². The highest BCUT2D eigenvalue weighted by atomic mass is 32.2. The summed E-state index contributed by atoms with van der Waals surface area (Å²) in [5.74, 6) is 2.59. The molecule has 0 atom stereocenters. The quantitative estimate of drug-likeness (QED) is 0.920. The van der Waals surface area contributed by atoms with Crippen LogP contribution in [-0.2, 0) is 17.8 Å². The maximum absolute atomic E-state index is 12.7. The van der Waals surface area contributed by atoms with Crippen molar-refractivity contribution in [2.45, 2.75) is 19.9 Å². The number of carbonyl (C=O) groups is 1. The number of hydrogen-bond donors (Lipinski definition) is 1. The van der Waals surface area contributed by atoms with Gasteiger partial charge in [0.15, 0.2) is 0 Å². The smallest absolute Gasteiger partial charge is 0.237 e. The Bertz CT molecular complexity index is 733. The fourth-order valence-corrected chi connectivity index (χ4v) is 4.57. The SMILES string of the molecule is Cc1ccc2[nH]c3c(c2c1)CN(C(=O)CN1CCSCC1)CC3. The zero-order valence-corrected chi connectivity index (χ0v) is 14.4. The topological polar surface area (TPSA) is 39.3 Å². The molecule has 4 nitrogen and oxygen atoms in total. The lowest BCUT2D eigenvalue weighted by Gasteiger charge is -2.31. The van der Waals surface area contributed by atoms with Gasteiger partial charge in [0.2, 0.25) is 5.91 Å². The first-order valence-electron chi connectivity index (χ1n) is 8.38. The molecule has 0 spiro atoms. The van der Waals surface area contributed by atoms with Crippen LogP contribution in [0, 0.1) is 6.92 Å². The number of H-pyrrole nitrogens is 1. The maximum Gasteiger partial charge on any atom is 0.237 e. The molecule has 3 heterocycles. The van der Waals surface area contributed by atoms with Crippen LogP contribution in [0.25, 0.3) is 10.9 Å². The zero-order valence-electron chi connectivity index (χ0n) is 13.6. The van der Waals surface area contributed by atoms with E-state index in [-0.39, 0.29) is 5.91 Å². The Morgan fingerprint density at radius 3 is 2.91 bits per heavy atom. The third-order valence-corrected chi connectivity index (χ3v) is 5.89. The van der Waals surface area contributed by atoms with Crippen LogP contribution in [-0.4, -0.2) is 58.4 Å². The van der Waals surface area contributed by atoms with Gasteiger partial charge in [0.25, 0.3) is 0 Å². The highest BCUT2D eigenvalue weighted by molar-refractivity contribution is 7.99. The summed E-state index contributed by atoms with van der Waals surface area (Å²) in [6.45, 7) is 6.38. The first-order valence-corrected chi connectivity index (χ1v) is 9.54. The van der Waals surface area contributed by atoms with E-state index in [1.165, 1.54) is 27.7 Å². The average molecular weight is 329 g/mol. The van der Waals surface area contributed by atoms with Gasteiger partial charge in [-0.05, 0) is 19.1 Å². The summed E-state index contributed by atoms with van der Waals surface area (Å²) in [4.78, 5) is 20.5. The first kappa shape index (κ1) is 15.1. The number of aromatic nitrogens is 1. The van der Waals surface area contributed by atoms with Gasteiger partial charge in [-0.1, -0.05) is 11.6 Å². The van der Waals surface area contributed by atoms with Crippen molar-refractivity contribution in [3.05, 3.63) is 35.0 Å². The standard InChI is InChI=1S/C18H23N3OS/c1-13-2-3-16-14(10-13)15-11-21(5-4-17(15)19-16)18(22)12-20-6-8-23-9-7-20/h2-3,10,19H,4-9,11-12H2,1H3. The molecule has 0 radical (unpaired) electrons. The number of amides is 1. The summed E-state index contributed by atoms with van der Waals surface area (Å²) < 4.78 is 0. The molecule has 1 saturated heterocycles. The second-order valence-corrected chi connectivity index (χ2v) is 7.81. The fourth-order valence-electron chi connectivity index (χ4n) is 3.59. The molecule has 5 heteroatoms. The van der Waals surface area contributed by atoms with Gasteiger partial charge in [-0.3, -0.25) is 9.69 Å². The molecule has 0 unspecified atom stereocenters. The van der Waals surface area contributed by atoms with Crippen LogP contribution in [0.2, 0.25) is 0 Å². The van der Waals surface area contributed by atoms with E-state index in [0.717, 1.165) is 44.1 Å². The number of hydrogen-bond acceptors (Lipinski definition) is 3. The summed E-state index contributed by atoms with van der Waals surface area (Å²) in [5, 5.41) is 1.28. The Balaban J connectivity index is 1.52. The van der Waals surface area contributed by atoms with E-state index in [2.05, 4.69) is 35.0 Å². The monoisotopic (exact) mass is 329 g/mol. The Kier molecular flexibility index (Phi) is 4.07. The highest BCUT2D eigenvalue weighted by Crippen LogP contribution is 2.28. The van der Waals surface area contributed by atoms with E-state index in [4.69, 9.17) is 0 Å². The minimum absolute atomic E-state index is 0.282.